The van der Waals surface area contributed by atoms with Crippen LogP contribution in [0.3, 0.4) is 0 Å². The largest absolute Gasteiger partial charge is 0.310 e. The SMILES string of the molecule is c1ccc(N(c2cccc(N(c3cccc(C4(c5ccccc5)c5ccccc5-c5ccccc54)c3)c3cccc4c3-c3ccccc3C4(c3ccccc3)c3ccccc3)c2)c2cccc3c2sc2ccccc23)cc1. The van der Waals surface area contributed by atoms with Gasteiger partial charge >= 0.3 is 0 Å². The zero-order valence-corrected chi connectivity index (χ0v) is 43.0. The molecular formula is C74H50N2S. The van der Waals surface area contributed by atoms with Gasteiger partial charge in [0, 0.05) is 43.8 Å². The molecule has 2 nitrogen and oxygen atoms in total. The van der Waals surface area contributed by atoms with Crippen molar-refractivity contribution >= 4 is 65.6 Å². The highest BCUT2D eigenvalue weighted by atomic mass is 32.1. The van der Waals surface area contributed by atoms with Gasteiger partial charge in [-0.25, -0.2) is 0 Å². The Balaban J connectivity index is 1.02. The van der Waals surface area contributed by atoms with Crippen LogP contribution < -0.4 is 9.80 Å². The summed E-state index contributed by atoms with van der Waals surface area (Å²) < 4.78 is 2.54. The van der Waals surface area contributed by atoms with E-state index in [0.717, 1.165) is 34.1 Å². The van der Waals surface area contributed by atoms with E-state index < -0.39 is 10.8 Å². The number of nitrogens with zero attached hydrogens (tertiary/aromatic N) is 2. The Morgan fingerprint density at radius 1 is 0.260 bits per heavy atom. The average Bonchev–Trinajstić information content (AvgIpc) is 4.29. The maximum Gasteiger partial charge on any atom is 0.0714 e. The van der Waals surface area contributed by atoms with Crippen LogP contribution in [0.25, 0.3) is 42.4 Å². The van der Waals surface area contributed by atoms with Crippen molar-refractivity contribution in [2.24, 2.45) is 0 Å². The molecule has 0 aliphatic heterocycles. The molecule has 0 spiro atoms. The third kappa shape index (κ3) is 6.74. The molecule has 0 radical (unpaired) electrons. The number of hydrogen-bond acceptors (Lipinski definition) is 3. The molecule has 0 amide bonds. The van der Waals surface area contributed by atoms with E-state index in [1.54, 1.807) is 0 Å². The van der Waals surface area contributed by atoms with E-state index in [-0.39, 0.29) is 0 Å². The van der Waals surface area contributed by atoms with Gasteiger partial charge in [-0.1, -0.05) is 243 Å². The number of hydrogen-bond donors (Lipinski definition) is 0. The van der Waals surface area contributed by atoms with E-state index in [1.165, 1.54) is 86.9 Å². The van der Waals surface area contributed by atoms with Crippen LogP contribution in [0.2, 0.25) is 0 Å². The smallest absolute Gasteiger partial charge is 0.0714 e. The van der Waals surface area contributed by atoms with Crippen molar-refractivity contribution in [3.63, 3.8) is 0 Å². The van der Waals surface area contributed by atoms with Crippen LogP contribution >= 0.6 is 11.3 Å². The lowest BCUT2D eigenvalue weighted by atomic mass is 9.67. The van der Waals surface area contributed by atoms with E-state index in [2.05, 4.69) is 313 Å². The molecule has 1 heterocycles. The zero-order chi connectivity index (χ0) is 50.9. The molecule has 1 aromatic heterocycles. The molecular weight excluding hydrogens is 949 g/mol. The summed E-state index contributed by atoms with van der Waals surface area (Å²) in [5, 5.41) is 2.54. The Labute approximate surface area is 453 Å². The first-order valence-corrected chi connectivity index (χ1v) is 27.4. The molecule has 0 atom stereocenters. The van der Waals surface area contributed by atoms with Crippen LogP contribution in [-0.2, 0) is 10.8 Å². The number of rotatable bonds is 10. The number of fused-ring (bicyclic) bond motifs is 9. The van der Waals surface area contributed by atoms with Gasteiger partial charge in [0.25, 0.3) is 0 Å². The maximum atomic E-state index is 2.54. The number of thiophene rings is 1. The van der Waals surface area contributed by atoms with Gasteiger partial charge in [0.15, 0.2) is 0 Å². The molecule has 2 aliphatic carbocycles. The third-order valence-corrected chi connectivity index (χ3v) is 17.6. The second-order valence-electron chi connectivity index (χ2n) is 20.3. The Morgan fingerprint density at radius 3 is 1.27 bits per heavy atom. The van der Waals surface area contributed by atoms with E-state index in [9.17, 15) is 0 Å². The molecule has 0 saturated heterocycles. The first-order chi connectivity index (χ1) is 38.2. The van der Waals surface area contributed by atoms with Gasteiger partial charge in [0.1, 0.15) is 0 Å². The lowest BCUT2D eigenvalue weighted by Crippen LogP contribution is -2.29. The van der Waals surface area contributed by atoms with Crippen molar-refractivity contribution in [1.29, 1.82) is 0 Å². The van der Waals surface area contributed by atoms with Crippen LogP contribution in [0.15, 0.2) is 303 Å². The van der Waals surface area contributed by atoms with Gasteiger partial charge in [-0.3, -0.25) is 0 Å². The molecule has 0 bridgehead atoms. The summed E-state index contributed by atoms with van der Waals surface area (Å²) in [5.41, 5.74) is 20.4. The van der Waals surface area contributed by atoms with Crippen molar-refractivity contribution in [2.75, 3.05) is 9.80 Å². The Kier molecular flexibility index (Phi) is 10.6. The summed E-state index contributed by atoms with van der Waals surface area (Å²) in [4.78, 5) is 5.00. The van der Waals surface area contributed by atoms with Crippen LogP contribution in [0, 0.1) is 0 Å². The Hall–Kier alpha value is -9.54. The van der Waals surface area contributed by atoms with Gasteiger partial charge in [0.05, 0.1) is 26.9 Å². The summed E-state index contributed by atoms with van der Waals surface area (Å²) in [6, 6.07) is 113. The topological polar surface area (TPSA) is 6.48 Å². The summed E-state index contributed by atoms with van der Waals surface area (Å²) in [5.74, 6) is 0. The fourth-order valence-corrected chi connectivity index (χ4v) is 14.6. The van der Waals surface area contributed by atoms with Gasteiger partial charge in [0.2, 0.25) is 0 Å². The fraction of sp³-hybridized carbons (Fsp3) is 0.0270. The first kappa shape index (κ1) is 44.9. The summed E-state index contributed by atoms with van der Waals surface area (Å²) in [7, 11) is 0. The molecule has 2 aliphatic rings. The molecule has 362 valence electrons. The van der Waals surface area contributed by atoms with Gasteiger partial charge in [-0.05, 0) is 122 Å². The first-order valence-electron chi connectivity index (χ1n) is 26.6. The lowest BCUT2D eigenvalue weighted by molar-refractivity contribution is 0.767. The van der Waals surface area contributed by atoms with Crippen molar-refractivity contribution in [1.82, 2.24) is 0 Å². The highest BCUT2D eigenvalue weighted by molar-refractivity contribution is 7.26. The predicted molar refractivity (Wildman–Crippen MR) is 323 cm³/mol. The predicted octanol–water partition coefficient (Wildman–Crippen LogP) is 19.7. The molecule has 13 aromatic rings. The van der Waals surface area contributed by atoms with Gasteiger partial charge in [-0.2, -0.15) is 0 Å². The minimum Gasteiger partial charge on any atom is -0.310 e. The molecule has 3 heteroatoms. The normalized spacial score (nSPS) is 13.4. The van der Waals surface area contributed by atoms with Crippen molar-refractivity contribution < 1.29 is 0 Å². The zero-order valence-electron chi connectivity index (χ0n) is 42.2. The van der Waals surface area contributed by atoms with Crippen molar-refractivity contribution in [3.05, 3.63) is 348 Å². The van der Waals surface area contributed by atoms with E-state index in [1.807, 2.05) is 11.3 Å². The molecule has 0 N–H and O–H groups in total. The molecule has 12 aromatic carbocycles. The minimum absolute atomic E-state index is 0.582. The Morgan fingerprint density at radius 2 is 0.649 bits per heavy atom. The fourth-order valence-electron chi connectivity index (χ4n) is 13.4. The van der Waals surface area contributed by atoms with Crippen molar-refractivity contribution in [2.45, 2.75) is 10.8 Å². The van der Waals surface area contributed by atoms with Crippen molar-refractivity contribution in [3.8, 4) is 22.3 Å². The standard InChI is InChI=1S/C74H50N2S/c1-5-25-51(26-6-1)73(52-27-7-2-8-28-52)66-44-19-15-40-63(66)71-67(73)45-24-46-68(71)76(56-34-21-31-54(49-56)74(53-29-9-3-10-30-53)64-42-17-13-37-59(64)60-38-14-18-43-65(60)74)58-36-22-35-57(50-58)75(55-32-11-4-12-33-55)69-47-23-41-62-61-39-16-20-48-70(61)77-72(62)69/h1-50H. The molecule has 15 rings (SSSR count). The quantitative estimate of drug-likeness (QED) is 0.135. The Bertz CT molecular complexity index is 4270. The van der Waals surface area contributed by atoms with Crippen LogP contribution in [-0.4, -0.2) is 0 Å². The highest BCUT2D eigenvalue weighted by Crippen LogP contribution is 2.61. The second kappa shape index (κ2) is 18.1. The number of anilines is 6. The average molecular weight is 999 g/mol. The summed E-state index contributed by atoms with van der Waals surface area (Å²) >= 11 is 1.86. The summed E-state index contributed by atoms with van der Waals surface area (Å²) in [6.07, 6.45) is 0. The number of para-hydroxylation sites is 1. The minimum atomic E-state index is -0.591. The monoisotopic (exact) mass is 998 g/mol. The summed E-state index contributed by atoms with van der Waals surface area (Å²) in [6.45, 7) is 0. The maximum absolute atomic E-state index is 2.54. The third-order valence-electron chi connectivity index (χ3n) is 16.4. The molecule has 77 heavy (non-hydrogen) atoms. The second-order valence-corrected chi connectivity index (χ2v) is 21.3. The van der Waals surface area contributed by atoms with E-state index in [0.29, 0.717) is 0 Å². The van der Waals surface area contributed by atoms with Crippen LogP contribution in [0.5, 0.6) is 0 Å². The molecule has 0 saturated carbocycles. The number of benzene rings is 12. The van der Waals surface area contributed by atoms with E-state index >= 15 is 0 Å². The molecule has 0 fully saturated rings. The lowest BCUT2D eigenvalue weighted by Gasteiger charge is -2.36. The molecule has 0 unspecified atom stereocenters. The highest BCUT2D eigenvalue weighted by Gasteiger charge is 2.48. The van der Waals surface area contributed by atoms with Crippen LogP contribution in [0.1, 0.15) is 44.5 Å². The van der Waals surface area contributed by atoms with Crippen LogP contribution in [0.4, 0.5) is 34.1 Å². The van der Waals surface area contributed by atoms with Gasteiger partial charge < -0.3 is 9.80 Å². The van der Waals surface area contributed by atoms with E-state index in [4.69, 9.17) is 0 Å². The van der Waals surface area contributed by atoms with Gasteiger partial charge in [-0.15, -0.1) is 11.3 Å².